The van der Waals surface area contributed by atoms with Crippen molar-refractivity contribution < 1.29 is 4.74 Å². The second-order valence-electron chi connectivity index (χ2n) is 6.83. The molecule has 2 fully saturated rings. The van der Waals surface area contributed by atoms with Crippen LogP contribution in [0.25, 0.3) is 0 Å². The van der Waals surface area contributed by atoms with Gasteiger partial charge in [-0.25, -0.2) is 0 Å². The van der Waals surface area contributed by atoms with Gasteiger partial charge in [0.2, 0.25) is 0 Å². The predicted molar refractivity (Wildman–Crippen MR) is 92.8 cm³/mol. The van der Waals surface area contributed by atoms with Crippen LogP contribution in [0.15, 0.2) is 12.1 Å². The van der Waals surface area contributed by atoms with Gasteiger partial charge in [-0.05, 0) is 56.4 Å². The molecule has 0 radical (unpaired) electrons. The highest BCUT2D eigenvalue weighted by atomic mass is 79.9. The van der Waals surface area contributed by atoms with Crippen LogP contribution in [0.2, 0.25) is 5.02 Å². The van der Waals surface area contributed by atoms with Crippen LogP contribution in [-0.4, -0.2) is 10.9 Å². The van der Waals surface area contributed by atoms with E-state index in [1.807, 2.05) is 0 Å². The maximum atomic E-state index is 6.40. The fourth-order valence-corrected chi connectivity index (χ4v) is 5.23. The molecule has 1 aromatic carbocycles. The van der Waals surface area contributed by atoms with Crippen LogP contribution >= 0.6 is 27.5 Å². The van der Waals surface area contributed by atoms with E-state index in [1.165, 1.54) is 38.5 Å². The summed E-state index contributed by atoms with van der Waals surface area (Å²) in [7, 11) is 0. The standard InChI is InChI=1S/C18H24BrClO/c1-12-9-14(10-13(2)17(12)20)21-16-11-15(19)18(16)7-5-3-4-6-8-18/h9-10,15-16H,3-8,11H2,1-2H3. The van der Waals surface area contributed by atoms with Gasteiger partial charge >= 0.3 is 0 Å². The number of rotatable bonds is 2. The van der Waals surface area contributed by atoms with Gasteiger partial charge in [0.05, 0.1) is 0 Å². The van der Waals surface area contributed by atoms with E-state index in [2.05, 4.69) is 41.9 Å². The fraction of sp³-hybridized carbons (Fsp3) is 0.667. The van der Waals surface area contributed by atoms with Gasteiger partial charge in [0.1, 0.15) is 11.9 Å². The molecule has 2 atom stereocenters. The average Bonchev–Trinajstić information content (AvgIpc) is 2.72. The van der Waals surface area contributed by atoms with Crippen molar-refractivity contribution in [2.24, 2.45) is 5.41 Å². The van der Waals surface area contributed by atoms with Crippen LogP contribution in [0, 0.1) is 19.3 Å². The molecule has 0 N–H and O–H groups in total. The van der Waals surface area contributed by atoms with Gasteiger partial charge < -0.3 is 4.74 Å². The zero-order chi connectivity index (χ0) is 15.0. The lowest BCUT2D eigenvalue weighted by molar-refractivity contribution is -0.0462. The summed E-state index contributed by atoms with van der Waals surface area (Å²) in [5, 5.41) is 0.860. The molecule has 0 amide bonds. The molecule has 0 saturated heterocycles. The molecule has 0 bridgehead atoms. The van der Waals surface area contributed by atoms with Crippen molar-refractivity contribution in [2.75, 3.05) is 0 Å². The van der Waals surface area contributed by atoms with Crippen molar-refractivity contribution in [2.45, 2.75) is 69.7 Å². The van der Waals surface area contributed by atoms with E-state index in [9.17, 15) is 0 Å². The third kappa shape index (κ3) is 2.86. The van der Waals surface area contributed by atoms with Gasteiger partial charge in [0.15, 0.2) is 0 Å². The zero-order valence-corrected chi connectivity index (χ0v) is 15.3. The summed E-state index contributed by atoms with van der Waals surface area (Å²) in [4.78, 5) is 0.627. The topological polar surface area (TPSA) is 9.23 Å². The van der Waals surface area contributed by atoms with E-state index in [4.69, 9.17) is 16.3 Å². The summed E-state index contributed by atoms with van der Waals surface area (Å²) in [5.74, 6) is 0.988. The van der Waals surface area contributed by atoms with Crippen molar-refractivity contribution >= 4 is 27.5 Å². The third-order valence-electron chi connectivity index (χ3n) is 5.41. The molecule has 0 aromatic heterocycles. The van der Waals surface area contributed by atoms with E-state index >= 15 is 0 Å². The van der Waals surface area contributed by atoms with Gasteiger partial charge in [0.25, 0.3) is 0 Å². The van der Waals surface area contributed by atoms with E-state index in [0.29, 0.717) is 16.3 Å². The van der Waals surface area contributed by atoms with Crippen molar-refractivity contribution in [1.82, 2.24) is 0 Å². The van der Waals surface area contributed by atoms with Gasteiger partial charge in [-0.15, -0.1) is 0 Å². The molecule has 2 unspecified atom stereocenters. The normalized spacial score (nSPS) is 28.0. The Morgan fingerprint density at radius 2 is 1.67 bits per heavy atom. The second-order valence-corrected chi connectivity index (χ2v) is 8.31. The average molecular weight is 372 g/mol. The molecule has 3 rings (SSSR count). The minimum Gasteiger partial charge on any atom is -0.490 e. The van der Waals surface area contributed by atoms with Crippen molar-refractivity contribution in [3.63, 3.8) is 0 Å². The molecule has 2 aliphatic carbocycles. The summed E-state index contributed by atoms with van der Waals surface area (Å²) < 4.78 is 6.40. The molecule has 0 aliphatic heterocycles. The molecular formula is C18H24BrClO. The van der Waals surface area contributed by atoms with E-state index in [0.717, 1.165) is 28.3 Å². The van der Waals surface area contributed by atoms with Crippen LogP contribution in [0.3, 0.4) is 0 Å². The number of hydrogen-bond donors (Lipinski definition) is 0. The summed E-state index contributed by atoms with van der Waals surface area (Å²) in [6.45, 7) is 4.11. The van der Waals surface area contributed by atoms with Gasteiger partial charge in [0, 0.05) is 15.3 Å². The van der Waals surface area contributed by atoms with Gasteiger partial charge in [-0.1, -0.05) is 53.2 Å². The zero-order valence-electron chi connectivity index (χ0n) is 12.9. The lowest BCUT2D eigenvalue weighted by Gasteiger charge is -2.53. The van der Waals surface area contributed by atoms with Crippen LogP contribution in [0.5, 0.6) is 5.75 Å². The Labute approximate surface area is 141 Å². The predicted octanol–water partition coefficient (Wildman–Crippen LogP) is 6.21. The maximum absolute atomic E-state index is 6.40. The number of halogens is 2. The van der Waals surface area contributed by atoms with Crippen LogP contribution < -0.4 is 4.74 Å². The largest absolute Gasteiger partial charge is 0.490 e. The highest BCUT2D eigenvalue weighted by molar-refractivity contribution is 9.09. The van der Waals surface area contributed by atoms with Crippen LogP contribution in [-0.2, 0) is 0 Å². The first-order chi connectivity index (χ1) is 10.0. The van der Waals surface area contributed by atoms with Crippen LogP contribution in [0.1, 0.15) is 56.1 Å². The molecule has 21 heavy (non-hydrogen) atoms. The molecule has 1 nitrogen and oxygen atoms in total. The Balaban J connectivity index is 1.78. The Kier molecular flexibility index (Phi) is 4.57. The number of hydrogen-bond acceptors (Lipinski definition) is 1. The highest BCUT2D eigenvalue weighted by Gasteiger charge is 2.54. The van der Waals surface area contributed by atoms with E-state index in [1.54, 1.807) is 0 Å². The molecule has 3 heteroatoms. The number of aryl methyl sites for hydroxylation is 2. The Bertz CT molecular complexity index is 497. The van der Waals surface area contributed by atoms with E-state index < -0.39 is 0 Å². The minimum atomic E-state index is 0.359. The highest BCUT2D eigenvalue weighted by Crippen LogP contribution is 2.55. The molecular weight excluding hydrogens is 348 g/mol. The summed E-state index contributed by atoms with van der Waals surface area (Å²) in [5.41, 5.74) is 2.57. The third-order valence-corrected chi connectivity index (χ3v) is 7.29. The summed E-state index contributed by atoms with van der Waals surface area (Å²) >= 11 is 10.2. The number of alkyl halides is 1. The lowest BCUT2D eigenvalue weighted by atomic mass is 9.61. The first-order valence-electron chi connectivity index (χ1n) is 8.10. The lowest BCUT2D eigenvalue weighted by Crippen LogP contribution is -2.56. The SMILES string of the molecule is Cc1cc(OC2CC(Br)C23CCCCCC3)cc(C)c1Cl. The van der Waals surface area contributed by atoms with Crippen LogP contribution in [0.4, 0.5) is 0 Å². The minimum absolute atomic E-state index is 0.359. The van der Waals surface area contributed by atoms with Gasteiger partial charge in [-0.3, -0.25) is 0 Å². The first kappa shape index (κ1) is 15.7. The fourth-order valence-electron chi connectivity index (χ4n) is 4.02. The molecule has 1 spiro atoms. The monoisotopic (exact) mass is 370 g/mol. The Hall–Kier alpha value is -0.210. The molecule has 116 valence electrons. The quantitative estimate of drug-likeness (QED) is 0.561. The number of ether oxygens (including phenoxy) is 1. The second kappa shape index (κ2) is 6.12. The molecule has 2 aliphatic rings. The van der Waals surface area contributed by atoms with Crippen molar-refractivity contribution in [3.8, 4) is 5.75 Å². The summed E-state index contributed by atoms with van der Waals surface area (Å²) in [6, 6.07) is 4.17. The van der Waals surface area contributed by atoms with Crippen molar-refractivity contribution in [1.29, 1.82) is 0 Å². The molecule has 0 heterocycles. The Morgan fingerprint density at radius 3 is 2.19 bits per heavy atom. The van der Waals surface area contributed by atoms with Crippen molar-refractivity contribution in [3.05, 3.63) is 28.3 Å². The Morgan fingerprint density at radius 1 is 1.10 bits per heavy atom. The first-order valence-corrected chi connectivity index (χ1v) is 9.40. The maximum Gasteiger partial charge on any atom is 0.120 e. The smallest absolute Gasteiger partial charge is 0.120 e. The van der Waals surface area contributed by atoms with E-state index in [-0.39, 0.29) is 0 Å². The molecule has 1 aromatic rings. The van der Waals surface area contributed by atoms with Gasteiger partial charge in [-0.2, -0.15) is 0 Å². The summed E-state index contributed by atoms with van der Waals surface area (Å²) in [6.07, 6.45) is 9.56. The number of benzene rings is 1. The molecule has 2 saturated carbocycles.